The molecule has 0 spiro atoms. The van der Waals surface area contributed by atoms with Crippen molar-refractivity contribution in [3.63, 3.8) is 0 Å². The number of aryl methyl sites for hydroxylation is 1. The Labute approximate surface area is 188 Å². The minimum Gasteiger partial charge on any atom is -0.497 e. The molecule has 0 atom stereocenters. The van der Waals surface area contributed by atoms with Crippen molar-refractivity contribution in [3.05, 3.63) is 52.9 Å². The molecule has 8 heteroatoms. The summed E-state index contributed by atoms with van der Waals surface area (Å²) in [5.74, 6) is 0.471. The van der Waals surface area contributed by atoms with Crippen molar-refractivity contribution in [2.24, 2.45) is 0 Å². The van der Waals surface area contributed by atoms with E-state index in [0.29, 0.717) is 32.7 Å². The Bertz CT molecular complexity index is 1050. The number of hydrogen-bond donors (Lipinski definition) is 1. The second-order valence-electron chi connectivity index (χ2n) is 7.64. The van der Waals surface area contributed by atoms with Gasteiger partial charge in [-0.15, -0.1) is 0 Å². The van der Waals surface area contributed by atoms with Gasteiger partial charge in [0.05, 0.1) is 7.11 Å². The Morgan fingerprint density at radius 3 is 2.31 bits per heavy atom. The van der Waals surface area contributed by atoms with Crippen molar-refractivity contribution < 1.29 is 14.3 Å². The van der Waals surface area contributed by atoms with Crippen LogP contribution in [0.4, 0.5) is 4.79 Å². The van der Waals surface area contributed by atoms with Crippen LogP contribution < -0.4 is 10.1 Å². The first-order chi connectivity index (χ1) is 15.4. The Hall–Kier alpha value is -3.73. The van der Waals surface area contributed by atoms with Crippen LogP contribution in [0.5, 0.6) is 5.75 Å². The number of nitrogens with one attached hydrogen (secondary N) is 1. The lowest BCUT2D eigenvalue weighted by Gasteiger charge is -2.34. The first-order valence-electron chi connectivity index (χ1n) is 10.7. The lowest BCUT2D eigenvalue weighted by molar-refractivity contribution is -0.128. The quantitative estimate of drug-likeness (QED) is 0.578. The normalized spacial score (nSPS) is 14.2. The third kappa shape index (κ3) is 4.78. The molecule has 1 aliphatic rings. The van der Waals surface area contributed by atoms with Crippen LogP contribution in [0.2, 0.25) is 0 Å². The fourth-order valence-electron chi connectivity index (χ4n) is 3.91. The van der Waals surface area contributed by atoms with Crippen LogP contribution in [-0.2, 0) is 4.79 Å². The summed E-state index contributed by atoms with van der Waals surface area (Å²) in [6.07, 6.45) is 1.65. The number of benzene rings is 1. The summed E-state index contributed by atoms with van der Waals surface area (Å²) in [7, 11) is 1.63. The highest BCUT2D eigenvalue weighted by Gasteiger charge is 2.26. The predicted octanol–water partition coefficient (Wildman–Crippen LogP) is 2.88. The monoisotopic (exact) mass is 435 g/mol. The SMILES string of the molecule is CCNC(=O)N1CCN(C(=O)/C(C#N)=C/c2cc(C)n(-c3ccc(OC)cc3)c2C)CC1. The van der Waals surface area contributed by atoms with E-state index < -0.39 is 0 Å². The molecule has 0 radical (unpaired) electrons. The summed E-state index contributed by atoms with van der Waals surface area (Å²) in [6.45, 7) is 8.09. The summed E-state index contributed by atoms with van der Waals surface area (Å²) >= 11 is 0. The molecule has 1 N–H and O–H groups in total. The minimum atomic E-state index is -0.308. The molecule has 1 saturated heterocycles. The van der Waals surface area contributed by atoms with E-state index in [9.17, 15) is 14.9 Å². The van der Waals surface area contributed by atoms with Crippen molar-refractivity contribution in [3.8, 4) is 17.5 Å². The molecule has 8 nitrogen and oxygen atoms in total. The number of nitrogens with zero attached hydrogens (tertiary/aromatic N) is 4. The van der Waals surface area contributed by atoms with E-state index in [-0.39, 0.29) is 17.5 Å². The zero-order valence-corrected chi connectivity index (χ0v) is 19.0. The second kappa shape index (κ2) is 10.1. The van der Waals surface area contributed by atoms with Crippen molar-refractivity contribution in [1.29, 1.82) is 5.26 Å². The molecule has 1 fully saturated rings. The third-order valence-corrected chi connectivity index (χ3v) is 5.63. The average Bonchev–Trinajstić information content (AvgIpc) is 3.09. The number of nitriles is 1. The van der Waals surface area contributed by atoms with E-state index in [2.05, 4.69) is 16.0 Å². The number of hydrogen-bond acceptors (Lipinski definition) is 4. The topological polar surface area (TPSA) is 90.6 Å². The summed E-state index contributed by atoms with van der Waals surface area (Å²) in [4.78, 5) is 28.3. The van der Waals surface area contributed by atoms with Crippen LogP contribution in [0.1, 0.15) is 23.9 Å². The van der Waals surface area contributed by atoms with Crippen LogP contribution in [0.25, 0.3) is 11.8 Å². The van der Waals surface area contributed by atoms with Gasteiger partial charge in [-0.05, 0) is 62.7 Å². The van der Waals surface area contributed by atoms with Crippen LogP contribution >= 0.6 is 0 Å². The molecule has 32 heavy (non-hydrogen) atoms. The predicted molar refractivity (Wildman–Crippen MR) is 123 cm³/mol. The molecule has 2 heterocycles. The van der Waals surface area contributed by atoms with Crippen molar-refractivity contribution in [2.75, 3.05) is 39.8 Å². The van der Waals surface area contributed by atoms with Gasteiger partial charge in [0, 0.05) is 49.8 Å². The first-order valence-corrected chi connectivity index (χ1v) is 10.7. The van der Waals surface area contributed by atoms with Gasteiger partial charge in [-0.25, -0.2) is 4.79 Å². The van der Waals surface area contributed by atoms with E-state index >= 15 is 0 Å². The number of methoxy groups -OCH3 is 1. The van der Waals surface area contributed by atoms with E-state index in [4.69, 9.17) is 4.74 Å². The lowest BCUT2D eigenvalue weighted by Crippen LogP contribution is -2.53. The number of carbonyl (C=O) groups is 2. The van der Waals surface area contributed by atoms with Crippen LogP contribution in [0, 0.1) is 25.2 Å². The molecule has 0 saturated carbocycles. The van der Waals surface area contributed by atoms with Crippen LogP contribution in [0.15, 0.2) is 35.9 Å². The van der Waals surface area contributed by atoms with Crippen molar-refractivity contribution in [2.45, 2.75) is 20.8 Å². The largest absolute Gasteiger partial charge is 0.497 e. The van der Waals surface area contributed by atoms with Gasteiger partial charge >= 0.3 is 6.03 Å². The number of carbonyl (C=O) groups excluding carboxylic acids is 2. The number of piperazine rings is 1. The fourth-order valence-corrected chi connectivity index (χ4v) is 3.91. The van der Waals surface area contributed by atoms with E-state index in [1.807, 2.05) is 51.1 Å². The molecule has 168 valence electrons. The van der Waals surface area contributed by atoms with E-state index in [1.54, 1.807) is 23.0 Å². The summed E-state index contributed by atoms with van der Waals surface area (Å²) < 4.78 is 7.31. The molecule has 0 aliphatic carbocycles. The Kier molecular flexibility index (Phi) is 7.21. The van der Waals surface area contributed by atoms with Gasteiger partial charge in [0.2, 0.25) is 0 Å². The van der Waals surface area contributed by atoms with Crippen LogP contribution in [-0.4, -0.2) is 66.1 Å². The van der Waals surface area contributed by atoms with Crippen molar-refractivity contribution >= 4 is 18.0 Å². The molecule has 1 aliphatic heterocycles. The maximum absolute atomic E-state index is 13.0. The number of amides is 3. The maximum atomic E-state index is 13.0. The Morgan fingerprint density at radius 1 is 1.12 bits per heavy atom. The van der Waals surface area contributed by atoms with E-state index in [0.717, 1.165) is 28.4 Å². The van der Waals surface area contributed by atoms with E-state index in [1.165, 1.54) is 0 Å². The molecular formula is C24H29N5O3. The summed E-state index contributed by atoms with van der Waals surface area (Å²) in [5.41, 5.74) is 3.83. The molecule has 2 aromatic rings. The van der Waals surface area contributed by atoms with Gasteiger partial charge in [0.1, 0.15) is 17.4 Å². The van der Waals surface area contributed by atoms with Gasteiger partial charge < -0.3 is 24.4 Å². The first kappa shape index (κ1) is 22.9. The zero-order valence-electron chi connectivity index (χ0n) is 19.0. The molecule has 1 aromatic carbocycles. The second-order valence-corrected chi connectivity index (χ2v) is 7.64. The molecule has 3 amide bonds. The smallest absolute Gasteiger partial charge is 0.317 e. The zero-order chi connectivity index (χ0) is 23.3. The number of urea groups is 1. The van der Waals surface area contributed by atoms with Gasteiger partial charge in [0.25, 0.3) is 5.91 Å². The lowest BCUT2D eigenvalue weighted by atomic mass is 10.1. The van der Waals surface area contributed by atoms with Gasteiger partial charge in [-0.3, -0.25) is 4.79 Å². The molecule has 3 rings (SSSR count). The highest BCUT2D eigenvalue weighted by Crippen LogP contribution is 2.24. The highest BCUT2D eigenvalue weighted by molar-refractivity contribution is 6.02. The highest BCUT2D eigenvalue weighted by atomic mass is 16.5. The Balaban J connectivity index is 1.79. The third-order valence-electron chi connectivity index (χ3n) is 5.63. The summed E-state index contributed by atoms with van der Waals surface area (Å²) in [5, 5.41) is 12.4. The van der Waals surface area contributed by atoms with Gasteiger partial charge in [0.15, 0.2) is 0 Å². The van der Waals surface area contributed by atoms with Crippen LogP contribution in [0.3, 0.4) is 0 Å². The number of rotatable bonds is 5. The number of ether oxygens (including phenoxy) is 1. The van der Waals surface area contributed by atoms with Crippen molar-refractivity contribution in [1.82, 2.24) is 19.7 Å². The fraction of sp³-hybridized carbons (Fsp3) is 0.375. The maximum Gasteiger partial charge on any atom is 0.317 e. The molecule has 0 unspecified atom stereocenters. The average molecular weight is 436 g/mol. The minimum absolute atomic E-state index is 0.0893. The molecule has 0 bridgehead atoms. The molecule has 1 aromatic heterocycles. The van der Waals surface area contributed by atoms with Gasteiger partial charge in [-0.1, -0.05) is 0 Å². The summed E-state index contributed by atoms with van der Waals surface area (Å²) in [6, 6.07) is 11.6. The standard InChI is InChI=1S/C24H29N5O3/c1-5-26-24(31)28-12-10-27(11-13-28)23(30)20(16-25)15-19-14-17(2)29(18(19)3)21-6-8-22(32-4)9-7-21/h6-9,14-15H,5,10-13H2,1-4H3,(H,26,31)/b20-15+. The number of aromatic nitrogens is 1. The Morgan fingerprint density at radius 2 is 1.75 bits per heavy atom. The van der Waals surface area contributed by atoms with Gasteiger partial charge in [-0.2, -0.15) is 5.26 Å². The molecular weight excluding hydrogens is 406 g/mol.